The molecule has 0 aliphatic carbocycles. The summed E-state index contributed by atoms with van der Waals surface area (Å²) < 4.78 is 41.8. The van der Waals surface area contributed by atoms with Gasteiger partial charge in [0, 0.05) is 12.2 Å². The van der Waals surface area contributed by atoms with Crippen LogP contribution in [0.2, 0.25) is 0 Å². The van der Waals surface area contributed by atoms with E-state index in [0.717, 1.165) is 35.0 Å². The van der Waals surface area contributed by atoms with Crippen LogP contribution < -0.4 is 10.6 Å². The van der Waals surface area contributed by atoms with Gasteiger partial charge in [-0.3, -0.25) is 9.59 Å². The number of anilines is 2. The Labute approximate surface area is 192 Å². The molecule has 0 saturated carbocycles. The number of halogens is 3. The fourth-order valence-electron chi connectivity index (χ4n) is 3.10. The number of amides is 2. The van der Waals surface area contributed by atoms with E-state index in [0.29, 0.717) is 23.2 Å². The molecule has 1 aromatic heterocycles. The molecule has 0 unspecified atom stereocenters. The lowest BCUT2D eigenvalue weighted by Crippen LogP contribution is -2.18. The Morgan fingerprint density at radius 2 is 1.67 bits per heavy atom. The van der Waals surface area contributed by atoms with Gasteiger partial charge in [0.1, 0.15) is 5.82 Å². The molecule has 0 aliphatic rings. The number of aryl methyl sites for hydroxylation is 2. The van der Waals surface area contributed by atoms with Crippen LogP contribution in [0.1, 0.15) is 23.9 Å². The maximum Gasteiger partial charge on any atom is 0.234 e. The maximum absolute atomic E-state index is 13.7. The van der Waals surface area contributed by atoms with Crippen molar-refractivity contribution in [3.8, 4) is 0 Å². The minimum atomic E-state index is -1.66. The van der Waals surface area contributed by atoms with Gasteiger partial charge in [0.2, 0.25) is 11.8 Å². The van der Waals surface area contributed by atoms with Gasteiger partial charge >= 0.3 is 0 Å². The van der Waals surface area contributed by atoms with Crippen molar-refractivity contribution in [3.05, 3.63) is 64.7 Å². The van der Waals surface area contributed by atoms with Gasteiger partial charge in [0.25, 0.3) is 0 Å². The van der Waals surface area contributed by atoms with Gasteiger partial charge in [-0.15, -0.1) is 10.2 Å². The molecule has 0 fully saturated rings. The van der Waals surface area contributed by atoms with E-state index in [1.807, 2.05) is 39.0 Å². The lowest BCUT2D eigenvalue weighted by molar-refractivity contribution is -0.116. The average Bonchev–Trinajstić information content (AvgIpc) is 3.16. The molecule has 0 bridgehead atoms. The molecule has 2 aromatic carbocycles. The van der Waals surface area contributed by atoms with Gasteiger partial charge in [-0.1, -0.05) is 29.5 Å². The van der Waals surface area contributed by atoms with Gasteiger partial charge in [-0.25, -0.2) is 13.2 Å². The Balaban J connectivity index is 1.61. The Hall–Kier alpha value is -3.34. The van der Waals surface area contributed by atoms with Crippen LogP contribution in [0.25, 0.3) is 0 Å². The highest BCUT2D eigenvalue weighted by Crippen LogP contribution is 2.22. The van der Waals surface area contributed by atoms with Crippen LogP contribution in [0.5, 0.6) is 0 Å². The van der Waals surface area contributed by atoms with Gasteiger partial charge < -0.3 is 15.2 Å². The summed E-state index contributed by atoms with van der Waals surface area (Å²) in [5.74, 6) is -5.11. The largest absolute Gasteiger partial charge is 0.325 e. The number of benzene rings is 2. The second-order valence-corrected chi connectivity index (χ2v) is 8.19. The second-order valence-electron chi connectivity index (χ2n) is 7.25. The van der Waals surface area contributed by atoms with Crippen LogP contribution in [-0.2, 0) is 22.6 Å². The van der Waals surface area contributed by atoms with Gasteiger partial charge in [0.05, 0.1) is 17.9 Å². The van der Waals surface area contributed by atoms with E-state index in [1.165, 1.54) is 0 Å². The molecule has 0 aliphatic heterocycles. The summed E-state index contributed by atoms with van der Waals surface area (Å²) >= 11 is 1.02. The first-order valence-corrected chi connectivity index (χ1v) is 11.0. The molecular weight excluding hydrogens is 455 g/mol. The summed E-state index contributed by atoms with van der Waals surface area (Å²) in [6.07, 6.45) is -0.0129. The van der Waals surface area contributed by atoms with E-state index in [4.69, 9.17) is 0 Å². The highest BCUT2D eigenvalue weighted by atomic mass is 32.2. The lowest BCUT2D eigenvalue weighted by atomic mass is 10.1. The van der Waals surface area contributed by atoms with Gasteiger partial charge in [-0.05, 0) is 44.5 Å². The third kappa shape index (κ3) is 5.92. The monoisotopic (exact) mass is 477 g/mol. The third-order valence-corrected chi connectivity index (χ3v) is 5.69. The Morgan fingerprint density at radius 1 is 0.970 bits per heavy atom. The van der Waals surface area contributed by atoms with E-state index in [2.05, 4.69) is 20.8 Å². The Kier molecular flexibility index (Phi) is 7.75. The van der Waals surface area contributed by atoms with Crippen LogP contribution >= 0.6 is 11.8 Å². The van der Waals surface area contributed by atoms with Crippen molar-refractivity contribution in [2.45, 2.75) is 38.9 Å². The number of nitrogens with zero attached hydrogens (tertiary/aromatic N) is 3. The molecule has 2 N–H and O–H groups in total. The van der Waals surface area contributed by atoms with E-state index >= 15 is 0 Å². The zero-order valence-corrected chi connectivity index (χ0v) is 19.0. The standard InChI is InChI=1S/C22H22F3N5O2S/c1-4-30-17(10-18(31)26-15-7-5-12(2)9-13(15)3)28-29-22(30)33-11-19(32)27-16-8-6-14(23)20(24)21(16)25/h5-9H,4,10-11H2,1-3H3,(H,26,31)(H,27,32). The summed E-state index contributed by atoms with van der Waals surface area (Å²) in [7, 11) is 0. The van der Waals surface area contributed by atoms with Crippen molar-refractivity contribution in [1.82, 2.24) is 14.8 Å². The molecule has 0 saturated heterocycles. The molecule has 3 rings (SSSR count). The van der Waals surface area contributed by atoms with Crippen LogP contribution in [-0.4, -0.2) is 32.3 Å². The van der Waals surface area contributed by atoms with E-state index < -0.39 is 29.0 Å². The van der Waals surface area contributed by atoms with E-state index in [1.54, 1.807) is 4.57 Å². The number of aromatic nitrogens is 3. The molecule has 0 atom stereocenters. The normalized spacial score (nSPS) is 10.8. The van der Waals surface area contributed by atoms with Crippen molar-refractivity contribution in [2.24, 2.45) is 0 Å². The van der Waals surface area contributed by atoms with E-state index in [9.17, 15) is 22.8 Å². The Bertz CT molecular complexity index is 1200. The molecule has 33 heavy (non-hydrogen) atoms. The highest BCUT2D eigenvalue weighted by Gasteiger charge is 2.18. The molecular formula is C22H22F3N5O2S. The number of carbonyl (C=O) groups is 2. The first-order chi connectivity index (χ1) is 15.7. The summed E-state index contributed by atoms with van der Waals surface area (Å²) in [5, 5.41) is 13.5. The highest BCUT2D eigenvalue weighted by molar-refractivity contribution is 7.99. The molecule has 174 valence electrons. The fraction of sp³-hybridized carbons (Fsp3) is 0.273. The van der Waals surface area contributed by atoms with E-state index in [-0.39, 0.29) is 18.1 Å². The maximum atomic E-state index is 13.7. The third-order valence-electron chi connectivity index (χ3n) is 4.73. The zero-order chi connectivity index (χ0) is 24.1. The fourth-order valence-corrected chi connectivity index (χ4v) is 3.93. The zero-order valence-electron chi connectivity index (χ0n) is 18.2. The molecule has 0 spiro atoms. The minimum absolute atomic E-state index is 0.0129. The molecule has 3 aromatic rings. The van der Waals surface area contributed by atoms with Crippen LogP contribution in [0.15, 0.2) is 35.5 Å². The van der Waals surface area contributed by atoms with Gasteiger partial charge in [-0.2, -0.15) is 0 Å². The molecule has 1 heterocycles. The molecule has 2 amide bonds. The van der Waals surface area contributed by atoms with Crippen molar-refractivity contribution < 1.29 is 22.8 Å². The van der Waals surface area contributed by atoms with Crippen molar-refractivity contribution in [3.63, 3.8) is 0 Å². The summed E-state index contributed by atoms with van der Waals surface area (Å²) in [6, 6.07) is 7.38. The number of nitrogens with one attached hydrogen (secondary N) is 2. The average molecular weight is 478 g/mol. The van der Waals surface area contributed by atoms with Crippen LogP contribution in [0, 0.1) is 31.3 Å². The smallest absolute Gasteiger partial charge is 0.234 e. The molecule has 11 heteroatoms. The van der Waals surface area contributed by atoms with Crippen molar-refractivity contribution in [2.75, 3.05) is 16.4 Å². The molecule has 7 nitrogen and oxygen atoms in total. The van der Waals surface area contributed by atoms with Crippen molar-refractivity contribution in [1.29, 1.82) is 0 Å². The first kappa shape index (κ1) is 24.3. The van der Waals surface area contributed by atoms with Crippen LogP contribution in [0.3, 0.4) is 0 Å². The predicted molar refractivity (Wildman–Crippen MR) is 120 cm³/mol. The molecule has 0 radical (unpaired) electrons. The SMILES string of the molecule is CCn1c(CC(=O)Nc2ccc(C)cc2C)nnc1SCC(=O)Nc1ccc(F)c(F)c1F. The number of thioether (sulfide) groups is 1. The number of rotatable bonds is 8. The lowest BCUT2D eigenvalue weighted by Gasteiger charge is -2.10. The summed E-state index contributed by atoms with van der Waals surface area (Å²) in [4.78, 5) is 24.6. The summed E-state index contributed by atoms with van der Waals surface area (Å²) in [6.45, 7) is 6.18. The first-order valence-electron chi connectivity index (χ1n) is 10.0. The van der Waals surface area contributed by atoms with Crippen molar-refractivity contribution >= 4 is 35.0 Å². The number of hydrogen-bond donors (Lipinski definition) is 2. The topological polar surface area (TPSA) is 88.9 Å². The quantitative estimate of drug-likeness (QED) is 0.374. The van der Waals surface area contributed by atoms with Crippen LogP contribution in [0.4, 0.5) is 24.5 Å². The number of carbonyl (C=O) groups excluding carboxylic acids is 2. The predicted octanol–water partition coefficient (Wildman–Crippen LogP) is 4.24. The van der Waals surface area contributed by atoms with Gasteiger partial charge in [0.15, 0.2) is 22.6 Å². The minimum Gasteiger partial charge on any atom is -0.325 e. The number of hydrogen-bond acceptors (Lipinski definition) is 5. The summed E-state index contributed by atoms with van der Waals surface area (Å²) in [5.41, 5.74) is 2.29. The second kappa shape index (κ2) is 10.5. The Morgan fingerprint density at radius 3 is 2.36 bits per heavy atom.